The summed E-state index contributed by atoms with van der Waals surface area (Å²) < 4.78 is 2.34. The molecule has 0 fully saturated rings. The van der Waals surface area contributed by atoms with Crippen molar-refractivity contribution in [3.63, 3.8) is 0 Å². The van der Waals surface area contributed by atoms with Gasteiger partial charge in [0.15, 0.2) is 5.96 Å². The smallest absolute Gasteiger partial charge is 0.191 e. The Morgan fingerprint density at radius 1 is 1.07 bits per heavy atom. The highest BCUT2D eigenvalue weighted by Crippen LogP contribution is 2.15. The zero-order chi connectivity index (χ0) is 21.1. The molecule has 1 aliphatic heterocycles. The Morgan fingerprint density at radius 3 is 2.53 bits per heavy atom. The quantitative estimate of drug-likeness (QED) is 0.197. The lowest BCUT2D eigenvalue weighted by atomic mass is 10.2. The summed E-state index contributed by atoms with van der Waals surface area (Å²) in [7, 11) is 0. The number of hydrogen-bond acceptors (Lipinski definition) is 4. The van der Waals surface area contributed by atoms with Crippen molar-refractivity contribution in [2.45, 2.75) is 98.2 Å². The van der Waals surface area contributed by atoms with Gasteiger partial charge in [0.25, 0.3) is 0 Å². The monoisotopic (exact) mass is 533 g/mol. The molecular weight excluding hydrogens is 489 g/mol. The Kier molecular flexibility index (Phi) is 13.6. The Balaban J connectivity index is 0.00000450. The van der Waals surface area contributed by atoms with Crippen LogP contribution in [0.15, 0.2) is 4.99 Å². The van der Waals surface area contributed by atoms with E-state index in [0.29, 0.717) is 12.1 Å². The van der Waals surface area contributed by atoms with Crippen molar-refractivity contribution >= 4 is 29.9 Å². The minimum Gasteiger partial charge on any atom is -0.357 e. The summed E-state index contributed by atoms with van der Waals surface area (Å²) in [5.74, 6) is 3.23. The number of aliphatic imine (C=N–C) groups is 1. The number of nitrogens with one attached hydrogen (secondary N) is 2. The van der Waals surface area contributed by atoms with E-state index in [1.807, 2.05) is 0 Å². The van der Waals surface area contributed by atoms with E-state index >= 15 is 0 Å². The van der Waals surface area contributed by atoms with Crippen molar-refractivity contribution in [2.75, 3.05) is 26.2 Å². The molecule has 0 radical (unpaired) electrons. The fourth-order valence-corrected chi connectivity index (χ4v) is 4.08. The Morgan fingerprint density at radius 2 is 1.83 bits per heavy atom. The van der Waals surface area contributed by atoms with Crippen molar-refractivity contribution in [1.29, 1.82) is 0 Å². The Bertz CT molecular complexity index is 605. The van der Waals surface area contributed by atoms with Crippen LogP contribution in [0, 0.1) is 0 Å². The number of guanidine groups is 1. The fraction of sp³-hybridized carbons (Fsp3) is 0.864. The van der Waals surface area contributed by atoms with Gasteiger partial charge in [-0.25, -0.2) is 0 Å². The third-order valence-electron chi connectivity index (χ3n) is 5.57. The van der Waals surface area contributed by atoms with Crippen LogP contribution in [0.1, 0.15) is 78.4 Å². The molecule has 0 saturated carbocycles. The van der Waals surface area contributed by atoms with E-state index in [-0.39, 0.29) is 24.0 Å². The first-order valence-electron chi connectivity index (χ1n) is 11.7. The maximum atomic E-state index is 4.75. The molecular formula is C22H44IN7. The van der Waals surface area contributed by atoms with Gasteiger partial charge in [0, 0.05) is 57.6 Å². The van der Waals surface area contributed by atoms with Crippen molar-refractivity contribution in [3.8, 4) is 0 Å². The fourth-order valence-electron chi connectivity index (χ4n) is 4.08. The molecule has 0 saturated heterocycles. The van der Waals surface area contributed by atoms with E-state index in [1.54, 1.807) is 0 Å². The van der Waals surface area contributed by atoms with Gasteiger partial charge in [0.2, 0.25) is 0 Å². The standard InChI is InChI=1S/C22H43N7.HI/c1-6-23-22(25-15-11-17-28(18(2)3)19(4)5)24-14-10-13-21-27-26-20-12-8-7-9-16-29(20)21;/h18-19H,6-17H2,1-5H3,(H2,23,24,25);1H. The zero-order valence-corrected chi connectivity index (χ0v) is 22.1. The second-order valence-electron chi connectivity index (χ2n) is 8.56. The SMILES string of the molecule is CCNC(=NCCCc1nnc2n1CCCCC2)NCCCN(C(C)C)C(C)C.I. The van der Waals surface area contributed by atoms with Crippen molar-refractivity contribution in [1.82, 2.24) is 30.3 Å². The molecule has 2 N–H and O–H groups in total. The number of hydrogen-bond donors (Lipinski definition) is 2. The van der Waals surface area contributed by atoms with Crippen molar-refractivity contribution in [2.24, 2.45) is 4.99 Å². The van der Waals surface area contributed by atoms with Crippen molar-refractivity contribution < 1.29 is 0 Å². The second kappa shape index (κ2) is 15.0. The molecule has 0 amide bonds. The number of halogens is 1. The average molecular weight is 534 g/mol. The van der Waals surface area contributed by atoms with Crippen LogP contribution in [0.4, 0.5) is 0 Å². The van der Waals surface area contributed by atoms with Gasteiger partial charge in [-0.05, 0) is 60.3 Å². The van der Waals surface area contributed by atoms with Gasteiger partial charge >= 0.3 is 0 Å². The van der Waals surface area contributed by atoms with Gasteiger partial charge in [-0.2, -0.15) is 0 Å². The molecule has 8 heteroatoms. The summed E-state index contributed by atoms with van der Waals surface area (Å²) in [6, 6.07) is 1.17. The van der Waals surface area contributed by atoms with Gasteiger partial charge < -0.3 is 15.2 Å². The van der Waals surface area contributed by atoms with E-state index in [9.17, 15) is 0 Å². The topological polar surface area (TPSA) is 70.4 Å². The highest BCUT2D eigenvalue weighted by Gasteiger charge is 2.14. The van der Waals surface area contributed by atoms with E-state index < -0.39 is 0 Å². The molecule has 0 spiro atoms. The van der Waals surface area contributed by atoms with Crippen LogP contribution < -0.4 is 10.6 Å². The van der Waals surface area contributed by atoms with E-state index in [4.69, 9.17) is 4.99 Å². The molecule has 0 atom stereocenters. The van der Waals surface area contributed by atoms with Crippen LogP contribution in [0.25, 0.3) is 0 Å². The number of aromatic nitrogens is 3. The van der Waals surface area contributed by atoms with Crippen LogP contribution in [-0.2, 0) is 19.4 Å². The minimum absolute atomic E-state index is 0. The molecule has 2 heterocycles. The first kappa shape index (κ1) is 27.1. The number of fused-ring (bicyclic) bond motifs is 1. The zero-order valence-electron chi connectivity index (χ0n) is 19.8. The summed E-state index contributed by atoms with van der Waals surface area (Å²) in [5.41, 5.74) is 0. The molecule has 2 rings (SSSR count). The van der Waals surface area contributed by atoms with Gasteiger partial charge in [0.05, 0.1) is 0 Å². The van der Waals surface area contributed by atoms with E-state index in [1.165, 1.54) is 25.1 Å². The maximum absolute atomic E-state index is 4.75. The van der Waals surface area contributed by atoms with E-state index in [0.717, 1.165) is 70.2 Å². The summed E-state index contributed by atoms with van der Waals surface area (Å²) in [4.78, 5) is 7.29. The van der Waals surface area contributed by atoms with Gasteiger partial charge in [-0.3, -0.25) is 9.89 Å². The molecule has 174 valence electrons. The maximum Gasteiger partial charge on any atom is 0.191 e. The van der Waals surface area contributed by atoms with Crippen LogP contribution in [-0.4, -0.2) is 63.9 Å². The second-order valence-corrected chi connectivity index (χ2v) is 8.56. The lowest BCUT2D eigenvalue weighted by molar-refractivity contribution is 0.173. The largest absolute Gasteiger partial charge is 0.357 e. The number of rotatable bonds is 11. The van der Waals surface area contributed by atoms with Crippen LogP contribution in [0.2, 0.25) is 0 Å². The summed E-state index contributed by atoms with van der Waals surface area (Å²) in [6.07, 6.45) is 7.94. The lowest BCUT2D eigenvalue weighted by Gasteiger charge is -2.30. The number of aryl methyl sites for hydroxylation is 2. The first-order valence-corrected chi connectivity index (χ1v) is 11.7. The molecule has 1 aliphatic rings. The minimum atomic E-state index is 0. The molecule has 7 nitrogen and oxygen atoms in total. The molecule has 1 aromatic heterocycles. The molecule has 0 aliphatic carbocycles. The Labute approximate surface area is 200 Å². The first-order chi connectivity index (χ1) is 14.0. The highest BCUT2D eigenvalue weighted by molar-refractivity contribution is 14.0. The summed E-state index contributed by atoms with van der Waals surface area (Å²) in [5, 5.41) is 15.7. The molecule has 30 heavy (non-hydrogen) atoms. The third-order valence-corrected chi connectivity index (χ3v) is 5.57. The van der Waals surface area contributed by atoms with Crippen molar-refractivity contribution in [3.05, 3.63) is 11.6 Å². The normalized spacial score (nSPS) is 14.6. The Hall–Kier alpha value is -0.900. The van der Waals surface area contributed by atoms with Crippen LogP contribution in [0.5, 0.6) is 0 Å². The summed E-state index contributed by atoms with van der Waals surface area (Å²) in [6.45, 7) is 16.0. The molecule has 1 aromatic rings. The van der Waals surface area contributed by atoms with E-state index in [2.05, 4.69) is 64.9 Å². The average Bonchev–Trinajstić information content (AvgIpc) is 2.90. The predicted octanol–water partition coefficient (Wildman–Crippen LogP) is 3.62. The highest BCUT2D eigenvalue weighted by atomic mass is 127. The van der Waals surface area contributed by atoms with Gasteiger partial charge in [-0.1, -0.05) is 6.42 Å². The number of nitrogens with zero attached hydrogens (tertiary/aromatic N) is 5. The van der Waals surface area contributed by atoms with Gasteiger partial charge in [-0.15, -0.1) is 34.2 Å². The molecule has 0 bridgehead atoms. The predicted molar refractivity (Wildman–Crippen MR) is 137 cm³/mol. The molecule has 0 aromatic carbocycles. The third kappa shape index (κ3) is 9.08. The summed E-state index contributed by atoms with van der Waals surface area (Å²) >= 11 is 0. The van der Waals surface area contributed by atoms with Gasteiger partial charge in [0.1, 0.15) is 11.6 Å². The van der Waals surface area contributed by atoms with Crippen LogP contribution in [0.3, 0.4) is 0 Å². The van der Waals surface area contributed by atoms with Crippen LogP contribution >= 0.6 is 24.0 Å². The molecule has 0 unspecified atom stereocenters. The lowest BCUT2D eigenvalue weighted by Crippen LogP contribution is -2.41.